The Morgan fingerprint density at radius 1 is 1.04 bits per heavy atom. The molecule has 0 aliphatic heterocycles. The predicted octanol–water partition coefficient (Wildman–Crippen LogP) is 3.02. The van der Waals surface area contributed by atoms with Crippen molar-refractivity contribution in [2.75, 3.05) is 6.61 Å². The van der Waals surface area contributed by atoms with Crippen LogP contribution in [0.1, 0.15) is 11.1 Å². The van der Waals surface area contributed by atoms with Crippen molar-refractivity contribution in [3.63, 3.8) is 0 Å². The van der Waals surface area contributed by atoms with E-state index in [-0.39, 0.29) is 18.0 Å². The van der Waals surface area contributed by atoms with Crippen LogP contribution in [-0.4, -0.2) is 18.5 Å². The Balaban J connectivity index is 1.73. The highest BCUT2D eigenvalue weighted by Gasteiger charge is 2.09. The third-order valence-corrected chi connectivity index (χ3v) is 3.39. The summed E-state index contributed by atoms with van der Waals surface area (Å²) in [5.74, 6) is -2.03. The van der Waals surface area contributed by atoms with Gasteiger partial charge in [-0.2, -0.15) is 0 Å². The van der Waals surface area contributed by atoms with Gasteiger partial charge in [-0.25, -0.2) is 8.78 Å². The molecule has 24 heavy (non-hydrogen) atoms. The summed E-state index contributed by atoms with van der Waals surface area (Å²) in [5, 5.41) is 2.49. The van der Waals surface area contributed by atoms with Gasteiger partial charge in [0.2, 0.25) is 0 Å². The lowest BCUT2D eigenvalue weighted by Gasteiger charge is -2.07. The van der Waals surface area contributed by atoms with E-state index in [1.54, 1.807) is 0 Å². The molecule has 0 aliphatic rings. The first-order valence-corrected chi connectivity index (χ1v) is 7.42. The van der Waals surface area contributed by atoms with Gasteiger partial charge in [0.15, 0.2) is 6.61 Å². The standard InChI is InChI=1S/C17H14ClF2NO3/c18-14-7-12(3-6-15(14)20)9-21-16(22)10-24-17(23)8-11-1-4-13(19)5-2-11/h1-7H,8-10H2,(H,21,22). The lowest BCUT2D eigenvalue weighted by atomic mass is 10.1. The number of halogens is 3. The van der Waals surface area contributed by atoms with Gasteiger partial charge >= 0.3 is 5.97 Å². The quantitative estimate of drug-likeness (QED) is 0.812. The highest BCUT2D eigenvalue weighted by molar-refractivity contribution is 6.30. The molecule has 7 heteroatoms. The summed E-state index contributed by atoms with van der Waals surface area (Å²) in [5.41, 5.74) is 1.20. The van der Waals surface area contributed by atoms with Crippen molar-refractivity contribution in [3.05, 3.63) is 70.2 Å². The smallest absolute Gasteiger partial charge is 0.310 e. The highest BCUT2D eigenvalue weighted by atomic mass is 35.5. The summed E-state index contributed by atoms with van der Waals surface area (Å²) in [6, 6.07) is 9.50. The van der Waals surface area contributed by atoms with Gasteiger partial charge in [0, 0.05) is 6.54 Å². The van der Waals surface area contributed by atoms with E-state index in [4.69, 9.17) is 16.3 Å². The normalized spacial score (nSPS) is 10.3. The van der Waals surface area contributed by atoms with Crippen LogP contribution >= 0.6 is 11.6 Å². The number of ether oxygens (including phenoxy) is 1. The van der Waals surface area contributed by atoms with Crippen LogP contribution in [0.2, 0.25) is 5.02 Å². The molecule has 1 N–H and O–H groups in total. The molecule has 0 heterocycles. The fraction of sp³-hybridized carbons (Fsp3) is 0.176. The molecule has 2 rings (SSSR count). The van der Waals surface area contributed by atoms with Gasteiger partial charge in [-0.1, -0.05) is 29.8 Å². The molecule has 0 radical (unpaired) electrons. The molecule has 2 aromatic carbocycles. The van der Waals surface area contributed by atoms with Crippen LogP contribution < -0.4 is 5.32 Å². The molecule has 0 aromatic heterocycles. The number of benzene rings is 2. The van der Waals surface area contributed by atoms with E-state index >= 15 is 0 Å². The summed E-state index contributed by atoms with van der Waals surface area (Å²) >= 11 is 5.64. The molecule has 0 aliphatic carbocycles. The largest absolute Gasteiger partial charge is 0.455 e. The van der Waals surface area contributed by atoms with Crippen LogP contribution in [0.15, 0.2) is 42.5 Å². The fourth-order valence-corrected chi connectivity index (χ4v) is 2.07. The molecule has 2 aromatic rings. The summed E-state index contributed by atoms with van der Waals surface area (Å²) in [7, 11) is 0. The number of rotatable bonds is 6. The summed E-state index contributed by atoms with van der Waals surface area (Å²) in [6.07, 6.45) is -0.0544. The van der Waals surface area contributed by atoms with E-state index in [0.29, 0.717) is 11.1 Å². The Morgan fingerprint density at radius 2 is 1.71 bits per heavy atom. The van der Waals surface area contributed by atoms with Crippen LogP contribution in [0.4, 0.5) is 8.78 Å². The van der Waals surface area contributed by atoms with Gasteiger partial charge in [0.25, 0.3) is 5.91 Å². The Bertz CT molecular complexity index is 735. The maximum absolute atomic E-state index is 13.0. The number of amides is 1. The molecule has 0 spiro atoms. The second-order valence-corrected chi connectivity index (χ2v) is 5.40. The van der Waals surface area contributed by atoms with E-state index < -0.39 is 30.1 Å². The number of carbonyl (C=O) groups excluding carboxylic acids is 2. The maximum Gasteiger partial charge on any atom is 0.310 e. The van der Waals surface area contributed by atoms with Gasteiger partial charge in [-0.05, 0) is 35.4 Å². The Hall–Kier alpha value is -2.47. The van der Waals surface area contributed by atoms with Crippen LogP contribution in [-0.2, 0) is 27.3 Å². The van der Waals surface area contributed by atoms with Gasteiger partial charge < -0.3 is 10.1 Å². The SMILES string of the molecule is O=C(COC(=O)Cc1ccc(F)cc1)NCc1ccc(F)c(Cl)c1. The first-order chi connectivity index (χ1) is 11.4. The van der Waals surface area contributed by atoms with E-state index in [2.05, 4.69) is 5.32 Å². The van der Waals surface area contributed by atoms with Gasteiger partial charge in [-0.3, -0.25) is 9.59 Å². The second-order valence-electron chi connectivity index (χ2n) is 4.99. The molecule has 0 bridgehead atoms. The van der Waals surface area contributed by atoms with Crippen molar-refractivity contribution in [2.45, 2.75) is 13.0 Å². The van der Waals surface area contributed by atoms with Gasteiger partial charge in [0.05, 0.1) is 11.4 Å². The van der Waals surface area contributed by atoms with Gasteiger partial charge in [-0.15, -0.1) is 0 Å². The Kier molecular flexibility index (Phi) is 6.26. The summed E-state index contributed by atoms with van der Waals surface area (Å²) < 4.78 is 30.6. The van der Waals surface area contributed by atoms with Crippen LogP contribution in [0.25, 0.3) is 0 Å². The fourth-order valence-electron chi connectivity index (χ4n) is 1.87. The minimum absolute atomic E-state index is 0.0347. The molecule has 4 nitrogen and oxygen atoms in total. The molecule has 0 saturated carbocycles. The number of esters is 1. The molecule has 0 saturated heterocycles. The number of hydrogen-bond acceptors (Lipinski definition) is 3. The van der Waals surface area contributed by atoms with Crippen molar-refractivity contribution in [3.8, 4) is 0 Å². The maximum atomic E-state index is 13.0. The number of hydrogen-bond donors (Lipinski definition) is 1. The zero-order valence-electron chi connectivity index (χ0n) is 12.5. The molecular weight excluding hydrogens is 340 g/mol. The summed E-state index contributed by atoms with van der Waals surface area (Å²) in [4.78, 5) is 23.2. The summed E-state index contributed by atoms with van der Waals surface area (Å²) in [6.45, 7) is -0.302. The molecular formula is C17H14ClF2NO3. The van der Waals surface area contributed by atoms with E-state index in [9.17, 15) is 18.4 Å². The second kappa shape index (κ2) is 8.40. The molecule has 1 amide bonds. The number of nitrogens with one attached hydrogen (secondary N) is 1. The zero-order chi connectivity index (χ0) is 17.5. The average molecular weight is 354 g/mol. The number of carbonyl (C=O) groups is 2. The monoisotopic (exact) mass is 353 g/mol. The molecule has 126 valence electrons. The highest BCUT2D eigenvalue weighted by Crippen LogP contribution is 2.15. The molecule has 0 fully saturated rings. The van der Waals surface area contributed by atoms with E-state index in [1.165, 1.54) is 42.5 Å². The average Bonchev–Trinajstić information content (AvgIpc) is 2.56. The van der Waals surface area contributed by atoms with Crippen LogP contribution in [0.5, 0.6) is 0 Å². The molecule has 0 atom stereocenters. The third kappa shape index (κ3) is 5.62. The van der Waals surface area contributed by atoms with Crippen LogP contribution in [0.3, 0.4) is 0 Å². The third-order valence-electron chi connectivity index (χ3n) is 3.10. The van der Waals surface area contributed by atoms with Gasteiger partial charge in [0.1, 0.15) is 11.6 Å². The molecule has 0 unspecified atom stereocenters. The van der Waals surface area contributed by atoms with Crippen LogP contribution in [0, 0.1) is 11.6 Å². The lowest BCUT2D eigenvalue weighted by molar-refractivity contribution is -0.147. The van der Waals surface area contributed by atoms with Crippen molar-refractivity contribution >= 4 is 23.5 Å². The minimum Gasteiger partial charge on any atom is -0.455 e. The first-order valence-electron chi connectivity index (χ1n) is 7.05. The Labute approximate surface area is 142 Å². The van der Waals surface area contributed by atoms with Crippen molar-refractivity contribution in [1.82, 2.24) is 5.32 Å². The Morgan fingerprint density at radius 3 is 2.38 bits per heavy atom. The van der Waals surface area contributed by atoms with Crippen molar-refractivity contribution in [1.29, 1.82) is 0 Å². The zero-order valence-corrected chi connectivity index (χ0v) is 13.3. The van der Waals surface area contributed by atoms with E-state index in [0.717, 1.165) is 0 Å². The van der Waals surface area contributed by atoms with Crippen molar-refractivity contribution in [2.24, 2.45) is 0 Å². The minimum atomic E-state index is -0.596. The van der Waals surface area contributed by atoms with E-state index in [1.807, 2.05) is 0 Å². The first kappa shape index (κ1) is 17.9. The predicted molar refractivity (Wildman–Crippen MR) is 84.3 cm³/mol. The topological polar surface area (TPSA) is 55.4 Å². The van der Waals surface area contributed by atoms with Crippen molar-refractivity contribution < 1.29 is 23.1 Å². The lowest BCUT2D eigenvalue weighted by Crippen LogP contribution is -2.28.